The zero-order valence-corrected chi connectivity index (χ0v) is 17.8. The summed E-state index contributed by atoms with van der Waals surface area (Å²) in [5, 5.41) is 14.5. The first kappa shape index (κ1) is 20.7. The van der Waals surface area contributed by atoms with Gasteiger partial charge in [-0.1, -0.05) is 31.2 Å². The average molecular weight is 418 g/mol. The van der Waals surface area contributed by atoms with Crippen molar-refractivity contribution in [3.05, 3.63) is 60.7 Å². The summed E-state index contributed by atoms with van der Waals surface area (Å²) in [6, 6.07) is 18.5. The van der Waals surface area contributed by atoms with Gasteiger partial charge in [0, 0.05) is 24.3 Å². The molecule has 1 saturated heterocycles. The number of benzene rings is 2. The molecule has 0 saturated carbocycles. The van der Waals surface area contributed by atoms with E-state index in [9.17, 15) is 4.79 Å². The normalized spacial score (nSPS) is 14.2. The third-order valence-electron chi connectivity index (χ3n) is 5.53. The Morgan fingerprint density at radius 3 is 2.55 bits per heavy atom. The number of carbonyl (C=O) groups is 1. The topological polar surface area (TPSA) is 79.4 Å². The standard InChI is InChI=1S/C24H27N5O2/c1-17-12-14-29(15-13-17)23-11-10-20(27-28-23)18-6-5-7-19(16-18)25-24(30)26-21-8-3-4-9-22(21)31-2/h3-11,16-17H,12-15H2,1-2H3,(H2,25,26,30). The van der Waals surface area contributed by atoms with Gasteiger partial charge >= 0.3 is 6.03 Å². The molecule has 2 aromatic carbocycles. The molecule has 160 valence electrons. The minimum atomic E-state index is -0.345. The Bertz CT molecular complexity index is 1030. The van der Waals surface area contributed by atoms with Crippen LogP contribution in [-0.2, 0) is 0 Å². The smallest absolute Gasteiger partial charge is 0.323 e. The number of aromatic nitrogens is 2. The molecular weight excluding hydrogens is 390 g/mol. The van der Waals surface area contributed by atoms with Crippen LogP contribution in [-0.4, -0.2) is 36.4 Å². The quantitative estimate of drug-likeness (QED) is 0.608. The maximum atomic E-state index is 12.4. The lowest BCUT2D eigenvalue weighted by atomic mass is 9.99. The van der Waals surface area contributed by atoms with Crippen molar-refractivity contribution >= 4 is 23.2 Å². The summed E-state index contributed by atoms with van der Waals surface area (Å²) in [5.41, 5.74) is 2.93. The molecule has 2 heterocycles. The molecule has 2 N–H and O–H groups in total. The molecule has 7 heteroatoms. The molecule has 0 unspecified atom stereocenters. The second kappa shape index (κ2) is 9.47. The lowest BCUT2D eigenvalue weighted by molar-refractivity contribution is 0.262. The molecular formula is C24H27N5O2. The second-order valence-electron chi connectivity index (χ2n) is 7.81. The number of ether oxygens (including phenoxy) is 1. The maximum Gasteiger partial charge on any atom is 0.323 e. The van der Waals surface area contributed by atoms with Crippen molar-refractivity contribution in [1.82, 2.24) is 10.2 Å². The fraction of sp³-hybridized carbons (Fsp3) is 0.292. The molecule has 0 atom stereocenters. The number of methoxy groups -OCH3 is 1. The molecule has 1 aliphatic rings. The van der Waals surface area contributed by atoms with Crippen LogP contribution < -0.4 is 20.3 Å². The van der Waals surface area contributed by atoms with Crippen molar-refractivity contribution in [2.75, 3.05) is 35.7 Å². The Balaban J connectivity index is 1.42. The van der Waals surface area contributed by atoms with E-state index in [4.69, 9.17) is 4.74 Å². The molecule has 31 heavy (non-hydrogen) atoms. The van der Waals surface area contributed by atoms with E-state index in [1.165, 1.54) is 12.8 Å². The molecule has 0 spiro atoms. The summed E-state index contributed by atoms with van der Waals surface area (Å²) in [6.45, 7) is 4.34. The maximum absolute atomic E-state index is 12.4. The van der Waals surface area contributed by atoms with Gasteiger partial charge in [0.05, 0.1) is 18.5 Å². The van der Waals surface area contributed by atoms with Gasteiger partial charge in [-0.3, -0.25) is 0 Å². The summed E-state index contributed by atoms with van der Waals surface area (Å²) in [7, 11) is 1.57. The van der Waals surface area contributed by atoms with Crippen LogP contribution in [0.25, 0.3) is 11.3 Å². The molecule has 0 bridgehead atoms. The monoisotopic (exact) mass is 417 g/mol. The van der Waals surface area contributed by atoms with Crippen LogP contribution in [0, 0.1) is 5.92 Å². The van der Waals surface area contributed by atoms with Crippen molar-refractivity contribution in [3.63, 3.8) is 0 Å². The number of hydrogen-bond donors (Lipinski definition) is 2. The van der Waals surface area contributed by atoms with Crippen LogP contribution in [0.5, 0.6) is 5.75 Å². The van der Waals surface area contributed by atoms with Crippen LogP contribution in [0.3, 0.4) is 0 Å². The van der Waals surface area contributed by atoms with Crippen LogP contribution in [0.2, 0.25) is 0 Å². The van der Waals surface area contributed by atoms with Gasteiger partial charge < -0.3 is 20.3 Å². The van der Waals surface area contributed by atoms with E-state index in [1.54, 1.807) is 19.2 Å². The number of amides is 2. The van der Waals surface area contributed by atoms with Crippen LogP contribution in [0.4, 0.5) is 22.0 Å². The minimum Gasteiger partial charge on any atom is -0.495 e. The Labute approximate surface area is 182 Å². The van der Waals surface area contributed by atoms with Crippen molar-refractivity contribution < 1.29 is 9.53 Å². The Morgan fingerprint density at radius 2 is 1.81 bits per heavy atom. The molecule has 2 amide bonds. The second-order valence-corrected chi connectivity index (χ2v) is 7.81. The van der Waals surface area contributed by atoms with Gasteiger partial charge in [0.15, 0.2) is 5.82 Å². The highest BCUT2D eigenvalue weighted by atomic mass is 16.5. The summed E-state index contributed by atoms with van der Waals surface area (Å²) >= 11 is 0. The number of hydrogen-bond acceptors (Lipinski definition) is 5. The van der Waals surface area contributed by atoms with Crippen LogP contribution >= 0.6 is 0 Å². The largest absolute Gasteiger partial charge is 0.495 e. The number of nitrogens with zero attached hydrogens (tertiary/aromatic N) is 3. The van der Waals surface area contributed by atoms with Gasteiger partial charge in [-0.2, -0.15) is 0 Å². The van der Waals surface area contributed by atoms with E-state index in [2.05, 4.69) is 32.7 Å². The fourth-order valence-corrected chi connectivity index (χ4v) is 3.67. The van der Waals surface area contributed by atoms with Crippen molar-refractivity contribution in [2.45, 2.75) is 19.8 Å². The van der Waals surface area contributed by atoms with Gasteiger partial charge in [0.1, 0.15) is 5.75 Å². The van der Waals surface area contributed by atoms with E-state index in [0.29, 0.717) is 17.1 Å². The van der Waals surface area contributed by atoms with Gasteiger partial charge in [-0.05, 0) is 55.2 Å². The van der Waals surface area contributed by atoms with E-state index in [1.807, 2.05) is 48.5 Å². The lowest BCUT2D eigenvalue weighted by Crippen LogP contribution is -2.33. The van der Waals surface area contributed by atoms with Crippen LogP contribution in [0.1, 0.15) is 19.8 Å². The predicted molar refractivity (Wildman–Crippen MR) is 124 cm³/mol. The summed E-state index contributed by atoms with van der Waals surface area (Å²) in [6.07, 6.45) is 2.38. The third kappa shape index (κ3) is 5.12. The number of piperidine rings is 1. The summed E-state index contributed by atoms with van der Waals surface area (Å²) in [4.78, 5) is 14.7. The molecule has 1 fully saturated rings. The minimum absolute atomic E-state index is 0.345. The number of anilines is 3. The van der Waals surface area contributed by atoms with E-state index in [0.717, 1.165) is 36.1 Å². The fourth-order valence-electron chi connectivity index (χ4n) is 3.67. The highest BCUT2D eigenvalue weighted by molar-refractivity contribution is 6.01. The first-order chi connectivity index (χ1) is 15.1. The van der Waals surface area contributed by atoms with Gasteiger partial charge in [-0.25, -0.2) is 4.79 Å². The van der Waals surface area contributed by atoms with E-state index in [-0.39, 0.29) is 6.03 Å². The SMILES string of the molecule is COc1ccccc1NC(=O)Nc1cccc(-c2ccc(N3CCC(C)CC3)nn2)c1. The highest BCUT2D eigenvalue weighted by Crippen LogP contribution is 2.26. The first-order valence-corrected chi connectivity index (χ1v) is 10.5. The Kier molecular flexibility index (Phi) is 6.31. The number of urea groups is 1. The number of nitrogens with one attached hydrogen (secondary N) is 2. The molecule has 0 aliphatic carbocycles. The van der Waals surface area contributed by atoms with Crippen LogP contribution in [0.15, 0.2) is 60.7 Å². The van der Waals surface area contributed by atoms with Crippen molar-refractivity contribution in [1.29, 1.82) is 0 Å². The lowest BCUT2D eigenvalue weighted by Gasteiger charge is -2.30. The van der Waals surface area contributed by atoms with Gasteiger partial charge in [0.25, 0.3) is 0 Å². The zero-order valence-electron chi connectivity index (χ0n) is 17.8. The molecule has 0 radical (unpaired) electrons. The Hall–Kier alpha value is -3.61. The molecule has 4 rings (SSSR count). The first-order valence-electron chi connectivity index (χ1n) is 10.5. The highest BCUT2D eigenvalue weighted by Gasteiger charge is 2.17. The van der Waals surface area contributed by atoms with E-state index >= 15 is 0 Å². The number of carbonyl (C=O) groups excluding carboxylic acids is 1. The van der Waals surface area contributed by atoms with Crippen molar-refractivity contribution in [2.24, 2.45) is 5.92 Å². The molecule has 3 aromatic rings. The number of rotatable bonds is 5. The summed E-state index contributed by atoms with van der Waals surface area (Å²) < 4.78 is 5.27. The molecule has 7 nitrogen and oxygen atoms in total. The Morgan fingerprint density at radius 1 is 1.00 bits per heavy atom. The molecule has 1 aromatic heterocycles. The van der Waals surface area contributed by atoms with Gasteiger partial charge in [-0.15, -0.1) is 10.2 Å². The van der Waals surface area contributed by atoms with Gasteiger partial charge in [0.2, 0.25) is 0 Å². The zero-order chi connectivity index (χ0) is 21.6. The van der Waals surface area contributed by atoms with E-state index < -0.39 is 0 Å². The van der Waals surface area contributed by atoms with Crippen molar-refractivity contribution in [3.8, 4) is 17.0 Å². The average Bonchev–Trinajstić information content (AvgIpc) is 2.80. The third-order valence-corrected chi connectivity index (χ3v) is 5.53. The predicted octanol–water partition coefficient (Wildman–Crippen LogP) is 5.03. The summed E-state index contributed by atoms with van der Waals surface area (Å²) in [5.74, 6) is 2.30. The molecule has 1 aliphatic heterocycles. The number of para-hydroxylation sites is 2.